The minimum atomic E-state index is -0.139. The molecule has 2 N–H and O–H groups in total. The third-order valence-electron chi connectivity index (χ3n) is 4.64. The Bertz CT molecular complexity index is 1130. The van der Waals surface area contributed by atoms with Crippen molar-refractivity contribution >= 4 is 27.6 Å². The fourth-order valence-corrected chi connectivity index (χ4v) is 3.14. The zero-order valence-corrected chi connectivity index (χ0v) is 15.2. The summed E-state index contributed by atoms with van der Waals surface area (Å²) >= 11 is 0. The molecule has 0 saturated carbocycles. The van der Waals surface area contributed by atoms with Crippen LogP contribution in [0.5, 0.6) is 11.5 Å². The van der Waals surface area contributed by atoms with Gasteiger partial charge in [-0.2, -0.15) is 0 Å². The van der Waals surface area contributed by atoms with Gasteiger partial charge in [0.2, 0.25) is 0 Å². The van der Waals surface area contributed by atoms with Crippen LogP contribution >= 0.6 is 0 Å². The van der Waals surface area contributed by atoms with Crippen molar-refractivity contribution in [2.24, 2.45) is 0 Å². The second kappa shape index (κ2) is 7.03. The predicted molar refractivity (Wildman–Crippen MR) is 107 cm³/mol. The van der Waals surface area contributed by atoms with Gasteiger partial charge in [0.05, 0.1) is 14.2 Å². The maximum absolute atomic E-state index is 12.5. The molecular weight excluding hydrogens is 340 g/mol. The fourth-order valence-electron chi connectivity index (χ4n) is 3.14. The van der Waals surface area contributed by atoms with Gasteiger partial charge in [-0.15, -0.1) is 0 Å². The number of ether oxygens (including phenoxy) is 2. The number of carbonyl (C=O) groups excluding carboxylic acids is 1. The molecule has 0 spiro atoms. The Kier molecular flexibility index (Phi) is 4.42. The molecule has 0 fully saturated rings. The van der Waals surface area contributed by atoms with E-state index in [1.807, 2.05) is 54.6 Å². The number of H-pyrrole nitrogens is 1. The van der Waals surface area contributed by atoms with Gasteiger partial charge in [0, 0.05) is 23.5 Å². The summed E-state index contributed by atoms with van der Waals surface area (Å²) in [6.07, 6.45) is 0. The number of benzene rings is 3. The summed E-state index contributed by atoms with van der Waals surface area (Å²) in [6.45, 7) is 0.458. The maximum Gasteiger partial charge on any atom is 0.267 e. The molecule has 0 aliphatic rings. The van der Waals surface area contributed by atoms with E-state index in [-0.39, 0.29) is 5.91 Å². The van der Waals surface area contributed by atoms with Crippen LogP contribution in [0.3, 0.4) is 0 Å². The molecular formula is C22H20N2O3. The van der Waals surface area contributed by atoms with Crippen molar-refractivity contribution in [2.75, 3.05) is 14.2 Å². The van der Waals surface area contributed by atoms with Crippen LogP contribution in [-0.4, -0.2) is 25.1 Å². The summed E-state index contributed by atoms with van der Waals surface area (Å²) in [5, 5.41) is 6.16. The average Bonchev–Trinajstić information content (AvgIpc) is 3.14. The number of aromatic amines is 1. The number of nitrogens with one attached hydrogen (secondary N) is 2. The summed E-state index contributed by atoms with van der Waals surface area (Å²) in [6, 6.07) is 19.6. The number of amides is 1. The predicted octanol–water partition coefficient (Wildman–Crippen LogP) is 4.27. The smallest absolute Gasteiger partial charge is 0.267 e. The quantitative estimate of drug-likeness (QED) is 0.559. The van der Waals surface area contributed by atoms with E-state index in [0.717, 1.165) is 38.7 Å². The lowest BCUT2D eigenvalue weighted by Gasteiger charge is -2.07. The van der Waals surface area contributed by atoms with E-state index in [9.17, 15) is 4.79 Å². The van der Waals surface area contributed by atoms with Crippen LogP contribution in [-0.2, 0) is 6.54 Å². The Labute approximate surface area is 156 Å². The molecule has 0 radical (unpaired) electrons. The van der Waals surface area contributed by atoms with Gasteiger partial charge >= 0.3 is 0 Å². The van der Waals surface area contributed by atoms with Gasteiger partial charge in [-0.05, 0) is 52.7 Å². The molecule has 136 valence electrons. The minimum Gasteiger partial charge on any atom is -0.497 e. The van der Waals surface area contributed by atoms with Gasteiger partial charge in [-0.1, -0.05) is 18.2 Å². The summed E-state index contributed by atoms with van der Waals surface area (Å²) in [5.74, 6) is 1.45. The normalized spacial score (nSPS) is 10.9. The van der Waals surface area contributed by atoms with E-state index >= 15 is 0 Å². The third kappa shape index (κ3) is 3.44. The highest BCUT2D eigenvalue weighted by atomic mass is 16.5. The molecule has 0 saturated heterocycles. The molecule has 5 nitrogen and oxygen atoms in total. The second-order valence-corrected chi connectivity index (χ2v) is 6.37. The SMILES string of the molecule is COc1ccc2cc(CNC(=O)c3cc4ccc(OC)cc4[nH]3)ccc2c1. The fraction of sp³-hybridized carbons (Fsp3) is 0.136. The minimum absolute atomic E-state index is 0.139. The first-order valence-electron chi connectivity index (χ1n) is 8.68. The second-order valence-electron chi connectivity index (χ2n) is 6.37. The Morgan fingerprint density at radius 3 is 2.30 bits per heavy atom. The van der Waals surface area contributed by atoms with E-state index in [1.165, 1.54) is 0 Å². The highest BCUT2D eigenvalue weighted by Crippen LogP contribution is 2.23. The summed E-state index contributed by atoms with van der Waals surface area (Å²) in [5.41, 5.74) is 2.45. The number of hydrogen-bond acceptors (Lipinski definition) is 3. The highest BCUT2D eigenvalue weighted by molar-refractivity contribution is 5.98. The lowest BCUT2D eigenvalue weighted by molar-refractivity contribution is 0.0947. The Hall–Kier alpha value is -3.47. The third-order valence-corrected chi connectivity index (χ3v) is 4.64. The number of methoxy groups -OCH3 is 2. The van der Waals surface area contributed by atoms with E-state index in [2.05, 4.69) is 16.4 Å². The van der Waals surface area contributed by atoms with E-state index in [1.54, 1.807) is 14.2 Å². The number of carbonyl (C=O) groups is 1. The van der Waals surface area contributed by atoms with Crippen molar-refractivity contribution in [1.29, 1.82) is 0 Å². The monoisotopic (exact) mass is 360 g/mol. The largest absolute Gasteiger partial charge is 0.497 e. The first kappa shape index (κ1) is 17.0. The van der Waals surface area contributed by atoms with Crippen LogP contribution < -0.4 is 14.8 Å². The van der Waals surface area contributed by atoms with Crippen molar-refractivity contribution in [3.05, 3.63) is 71.9 Å². The molecule has 0 aliphatic heterocycles. The molecule has 0 bridgehead atoms. The highest BCUT2D eigenvalue weighted by Gasteiger charge is 2.10. The Morgan fingerprint density at radius 2 is 1.52 bits per heavy atom. The standard InChI is InChI=1S/C22H20N2O3/c1-26-18-7-5-15-9-14(3-4-16(15)10-18)13-23-22(25)21-11-17-6-8-19(27-2)12-20(17)24-21/h3-12,24H,13H2,1-2H3,(H,23,25). The van der Waals surface area contributed by atoms with Crippen LogP contribution in [0.25, 0.3) is 21.7 Å². The number of aromatic nitrogens is 1. The maximum atomic E-state index is 12.5. The lowest BCUT2D eigenvalue weighted by atomic mass is 10.1. The first-order valence-corrected chi connectivity index (χ1v) is 8.68. The van der Waals surface area contributed by atoms with Crippen molar-refractivity contribution in [3.8, 4) is 11.5 Å². The number of rotatable bonds is 5. The summed E-state index contributed by atoms with van der Waals surface area (Å²) in [4.78, 5) is 15.6. The number of fused-ring (bicyclic) bond motifs is 2. The molecule has 3 aromatic carbocycles. The van der Waals surface area contributed by atoms with E-state index in [0.29, 0.717) is 12.2 Å². The van der Waals surface area contributed by atoms with Gasteiger partial charge < -0.3 is 19.8 Å². The van der Waals surface area contributed by atoms with Crippen LogP contribution in [0, 0.1) is 0 Å². The molecule has 1 aromatic heterocycles. The van der Waals surface area contributed by atoms with Gasteiger partial charge in [-0.3, -0.25) is 4.79 Å². The molecule has 4 aromatic rings. The summed E-state index contributed by atoms with van der Waals surface area (Å²) in [7, 11) is 3.28. The van der Waals surface area contributed by atoms with E-state index in [4.69, 9.17) is 9.47 Å². The zero-order chi connectivity index (χ0) is 18.8. The lowest BCUT2D eigenvalue weighted by Crippen LogP contribution is -2.23. The molecule has 27 heavy (non-hydrogen) atoms. The van der Waals surface area contributed by atoms with Crippen molar-refractivity contribution in [2.45, 2.75) is 6.54 Å². The molecule has 0 aliphatic carbocycles. The van der Waals surface area contributed by atoms with Gasteiger partial charge in [0.15, 0.2) is 0 Å². The average molecular weight is 360 g/mol. The van der Waals surface area contributed by atoms with Gasteiger partial charge in [-0.25, -0.2) is 0 Å². The molecule has 4 rings (SSSR count). The molecule has 1 heterocycles. The summed E-state index contributed by atoms with van der Waals surface area (Å²) < 4.78 is 10.5. The van der Waals surface area contributed by atoms with Crippen LogP contribution in [0.1, 0.15) is 16.1 Å². The van der Waals surface area contributed by atoms with Crippen LogP contribution in [0.15, 0.2) is 60.7 Å². The van der Waals surface area contributed by atoms with Crippen molar-refractivity contribution in [3.63, 3.8) is 0 Å². The molecule has 1 amide bonds. The topological polar surface area (TPSA) is 63.4 Å². The van der Waals surface area contributed by atoms with Crippen molar-refractivity contribution < 1.29 is 14.3 Å². The van der Waals surface area contributed by atoms with Crippen LogP contribution in [0.2, 0.25) is 0 Å². The zero-order valence-electron chi connectivity index (χ0n) is 15.2. The van der Waals surface area contributed by atoms with Gasteiger partial charge in [0.1, 0.15) is 17.2 Å². The van der Waals surface area contributed by atoms with Crippen LogP contribution in [0.4, 0.5) is 0 Å². The molecule has 5 heteroatoms. The first-order chi connectivity index (χ1) is 13.2. The van der Waals surface area contributed by atoms with Crippen molar-refractivity contribution in [1.82, 2.24) is 10.3 Å². The Morgan fingerprint density at radius 1 is 0.852 bits per heavy atom. The molecule has 0 unspecified atom stereocenters. The molecule has 0 atom stereocenters. The Balaban J connectivity index is 1.49. The number of hydrogen-bond donors (Lipinski definition) is 2. The van der Waals surface area contributed by atoms with E-state index < -0.39 is 0 Å². The van der Waals surface area contributed by atoms with Gasteiger partial charge in [0.25, 0.3) is 5.91 Å².